The lowest BCUT2D eigenvalue weighted by Crippen LogP contribution is -2.11. The van der Waals surface area contributed by atoms with Crippen LogP contribution in [0.1, 0.15) is 16.7 Å². The molecule has 0 aliphatic carbocycles. The third-order valence-electron chi connectivity index (χ3n) is 2.74. The molecule has 0 atom stereocenters. The van der Waals surface area contributed by atoms with Gasteiger partial charge in [0.25, 0.3) is 0 Å². The zero-order chi connectivity index (χ0) is 14.2. The van der Waals surface area contributed by atoms with Crippen molar-refractivity contribution in [2.75, 3.05) is 5.73 Å². The highest BCUT2D eigenvalue weighted by Crippen LogP contribution is 2.32. The molecule has 19 heavy (non-hydrogen) atoms. The highest BCUT2D eigenvalue weighted by molar-refractivity contribution is 5.38. The number of nitrogens with two attached hydrogens (primary N) is 1. The van der Waals surface area contributed by atoms with E-state index >= 15 is 0 Å². The number of hydrogen-bond acceptors (Lipinski definition) is 2. The van der Waals surface area contributed by atoms with E-state index in [9.17, 15) is 17.6 Å². The van der Waals surface area contributed by atoms with Gasteiger partial charge in [0.2, 0.25) is 0 Å². The van der Waals surface area contributed by atoms with Crippen molar-refractivity contribution in [3.63, 3.8) is 0 Å². The van der Waals surface area contributed by atoms with Crippen LogP contribution >= 0.6 is 0 Å². The molecular formula is C12H11F4N3. The third kappa shape index (κ3) is 2.69. The first-order chi connectivity index (χ1) is 8.79. The topological polar surface area (TPSA) is 43.8 Å². The number of halogens is 4. The number of aryl methyl sites for hydroxylation is 1. The van der Waals surface area contributed by atoms with Gasteiger partial charge in [0, 0.05) is 5.56 Å². The van der Waals surface area contributed by atoms with Crippen molar-refractivity contribution in [1.82, 2.24) is 9.78 Å². The number of anilines is 1. The van der Waals surface area contributed by atoms with E-state index in [1.807, 2.05) is 0 Å². The third-order valence-corrected chi connectivity index (χ3v) is 2.74. The SMILES string of the molecule is Cc1cnn(Cc2ccc(F)c(C(F)(F)F)c2)c1N. The Morgan fingerprint density at radius 1 is 1.32 bits per heavy atom. The average Bonchev–Trinajstić information content (AvgIpc) is 2.62. The lowest BCUT2D eigenvalue weighted by Gasteiger charge is -2.11. The fourth-order valence-corrected chi connectivity index (χ4v) is 1.68. The average molecular weight is 273 g/mol. The van der Waals surface area contributed by atoms with Crippen LogP contribution in [-0.2, 0) is 12.7 Å². The van der Waals surface area contributed by atoms with Crippen LogP contribution in [-0.4, -0.2) is 9.78 Å². The molecule has 102 valence electrons. The summed E-state index contributed by atoms with van der Waals surface area (Å²) < 4.78 is 52.2. The summed E-state index contributed by atoms with van der Waals surface area (Å²) in [6, 6.07) is 2.84. The monoisotopic (exact) mass is 273 g/mol. The van der Waals surface area contributed by atoms with E-state index < -0.39 is 17.6 Å². The lowest BCUT2D eigenvalue weighted by atomic mass is 10.1. The van der Waals surface area contributed by atoms with Crippen LogP contribution in [0.5, 0.6) is 0 Å². The maximum Gasteiger partial charge on any atom is 0.419 e. The Hall–Kier alpha value is -2.05. The Balaban J connectivity index is 2.34. The summed E-state index contributed by atoms with van der Waals surface area (Å²) >= 11 is 0. The quantitative estimate of drug-likeness (QED) is 0.855. The number of nitrogens with zero attached hydrogens (tertiary/aromatic N) is 2. The predicted molar refractivity (Wildman–Crippen MR) is 61.9 cm³/mol. The minimum atomic E-state index is -4.72. The Morgan fingerprint density at radius 3 is 2.53 bits per heavy atom. The first-order valence-corrected chi connectivity index (χ1v) is 5.42. The highest BCUT2D eigenvalue weighted by atomic mass is 19.4. The van der Waals surface area contributed by atoms with Gasteiger partial charge in [-0.3, -0.25) is 0 Å². The second kappa shape index (κ2) is 4.56. The molecule has 0 amide bonds. The molecule has 2 rings (SSSR count). The summed E-state index contributed by atoms with van der Waals surface area (Å²) in [5.41, 5.74) is 5.44. The molecule has 0 bridgehead atoms. The van der Waals surface area contributed by atoms with E-state index in [1.54, 1.807) is 6.92 Å². The van der Waals surface area contributed by atoms with Gasteiger partial charge >= 0.3 is 6.18 Å². The molecule has 0 fully saturated rings. The molecule has 2 aromatic rings. The fraction of sp³-hybridized carbons (Fsp3) is 0.250. The van der Waals surface area contributed by atoms with Crippen molar-refractivity contribution in [2.24, 2.45) is 0 Å². The summed E-state index contributed by atoms with van der Waals surface area (Å²) in [4.78, 5) is 0. The number of benzene rings is 1. The second-order valence-corrected chi connectivity index (χ2v) is 4.18. The molecular weight excluding hydrogens is 262 g/mol. The van der Waals surface area contributed by atoms with Crippen LogP contribution in [0.15, 0.2) is 24.4 Å². The van der Waals surface area contributed by atoms with Gasteiger partial charge in [-0.2, -0.15) is 18.3 Å². The van der Waals surface area contributed by atoms with Crippen molar-refractivity contribution in [2.45, 2.75) is 19.6 Å². The molecule has 3 nitrogen and oxygen atoms in total. The Labute approximate surface area is 106 Å². The minimum Gasteiger partial charge on any atom is -0.384 e. The molecule has 0 aliphatic heterocycles. The van der Waals surface area contributed by atoms with Crippen molar-refractivity contribution in [3.8, 4) is 0 Å². The Bertz CT molecular complexity index is 602. The van der Waals surface area contributed by atoms with Crippen molar-refractivity contribution < 1.29 is 17.6 Å². The Kier molecular flexibility index (Phi) is 3.21. The summed E-state index contributed by atoms with van der Waals surface area (Å²) in [5.74, 6) is -0.918. The largest absolute Gasteiger partial charge is 0.419 e. The summed E-state index contributed by atoms with van der Waals surface area (Å²) in [6.45, 7) is 1.80. The molecule has 0 saturated carbocycles. The standard InChI is InChI=1S/C12H11F4N3/c1-7-5-18-19(11(7)17)6-8-2-3-10(13)9(4-8)12(14,15)16/h2-5H,6,17H2,1H3. The minimum absolute atomic E-state index is 0.0586. The zero-order valence-corrected chi connectivity index (χ0v) is 10.0. The smallest absolute Gasteiger partial charge is 0.384 e. The van der Waals surface area contributed by atoms with Crippen molar-refractivity contribution in [1.29, 1.82) is 0 Å². The van der Waals surface area contributed by atoms with E-state index in [1.165, 1.54) is 16.9 Å². The predicted octanol–water partition coefficient (Wildman–Crippen LogP) is 2.98. The van der Waals surface area contributed by atoms with Crippen molar-refractivity contribution >= 4 is 5.82 Å². The molecule has 0 saturated heterocycles. The van der Waals surface area contributed by atoms with Crippen LogP contribution in [0, 0.1) is 12.7 Å². The molecule has 2 N–H and O–H groups in total. The van der Waals surface area contributed by atoms with E-state index in [4.69, 9.17) is 5.73 Å². The van der Waals surface area contributed by atoms with Crippen molar-refractivity contribution in [3.05, 3.63) is 46.9 Å². The molecule has 0 unspecified atom stereocenters. The van der Waals surface area contributed by atoms with Crippen LogP contribution < -0.4 is 5.73 Å². The van der Waals surface area contributed by atoms with Gasteiger partial charge in [0.15, 0.2) is 0 Å². The van der Waals surface area contributed by atoms with Gasteiger partial charge in [-0.05, 0) is 24.6 Å². The number of aromatic nitrogens is 2. The summed E-state index contributed by atoms with van der Waals surface area (Å²) in [6.07, 6.45) is -3.20. The van der Waals surface area contributed by atoms with Crippen LogP contribution in [0.4, 0.5) is 23.4 Å². The van der Waals surface area contributed by atoms with Gasteiger partial charge < -0.3 is 5.73 Å². The molecule has 1 aromatic carbocycles. The highest BCUT2D eigenvalue weighted by Gasteiger charge is 2.34. The first kappa shape index (κ1) is 13.4. The van der Waals surface area contributed by atoms with E-state index in [-0.39, 0.29) is 12.1 Å². The van der Waals surface area contributed by atoms with Gasteiger partial charge in [-0.25, -0.2) is 9.07 Å². The molecule has 0 spiro atoms. The fourth-order valence-electron chi connectivity index (χ4n) is 1.68. The van der Waals surface area contributed by atoms with Crippen LogP contribution in [0.25, 0.3) is 0 Å². The van der Waals surface area contributed by atoms with E-state index in [0.717, 1.165) is 17.7 Å². The molecule has 0 radical (unpaired) electrons. The van der Waals surface area contributed by atoms with Crippen LogP contribution in [0.2, 0.25) is 0 Å². The van der Waals surface area contributed by atoms with Gasteiger partial charge in [-0.15, -0.1) is 0 Å². The molecule has 0 aliphatic rings. The van der Waals surface area contributed by atoms with Gasteiger partial charge in [0.1, 0.15) is 11.6 Å². The van der Waals surface area contributed by atoms with Gasteiger partial charge in [0.05, 0.1) is 18.3 Å². The summed E-state index contributed by atoms with van der Waals surface area (Å²) in [7, 11) is 0. The lowest BCUT2D eigenvalue weighted by molar-refractivity contribution is -0.140. The maximum absolute atomic E-state index is 13.1. The number of nitrogen functional groups attached to an aromatic ring is 1. The number of hydrogen-bond donors (Lipinski definition) is 1. The van der Waals surface area contributed by atoms with E-state index in [0.29, 0.717) is 5.82 Å². The normalized spacial score (nSPS) is 11.8. The molecule has 7 heteroatoms. The first-order valence-electron chi connectivity index (χ1n) is 5.42. The number of alkyl halides is 3. The zero-order valence-electron chi connectivity index (χ0n) is 10.0. The van der Waals surface area contributed by atoms with E-state index in [2.05, 4.69) is 5.10 Å². The molecule has 1 heterocycles. The maximum atomic E-state index is 13.1. The number of rotatable bonds is 2. The second-order valence-electron chi connectivity index (χ2n) is 4.18. The summed E-state index contributed by atoms with van der Waals surface area (Å²) in [5, 5.41) is 3.94. The molecule has 1 aromatic heterocycles. The Morgan fingerprint density at radius 2 is 2.00 bits per heavy atom. The van der Waals surface area contributed by atoms with Gasteiger partial charge in [-0.1, -0.05) is 6.07 Å². The van der Waals surface area contributed by atoms with Crippen LogP contribution in [0.3, 0.4) is 0 Å².